The number of hydrazine groups is 1. The van der Waals surface area contributed by atoms with Crippen LogP contribution < -0.4 is 16.2 Å². The smallest absolute Gasteiger partial charge is 0.333 e. The van der Waals surface area contributed by atoms with Gasteiger partial charge in [-0.2, -0.15) is 0 Å². The summed E-state index contributed by atoms with van der Waals surface area (Å²) in [6, 6.07) is 5.60. The normalized spacial score (nSPS) is 16.2. The number of pyridine rings is 1. The van der Waals surface area contributed by atoms with E-state index < -0.39 is 0 Å². The van der Waals surface area contributed by atoms with Crippen LogP contribution in [0.4, 0.5) is 10.6 Å². The molecule has 17 heavy (non-hydrogen) atoms. The van der Waals surface area contributed by atoms with Gasteiger partial charge in [0.2, 0.25) is 0 Å². The van der Waals surface area contributed by atoms with Gasteiger partial charge in [0.1, 0.15) is 5.82 Å². The highest BCUT2D eigenvalue weighted by atomic mass is 16.2. The quantitative estimate of drug-likeness (QED) is 0.701. The molecule has 1 aliphatic carbocycles. The molecule has 0 radical (unpaired) electrons. The minimum Gasteiger partial charge on any atom is -0.334 e. The van der Waals surface area contributed by atoms with Gasteiger partial charge < -0.3 is 5.32 Å². The number of carbonyl (C=O) groups excluding carboxylic acids is 1. The van der Waals surface area contributed by atoms with Crippen molar-refractivity contribution in [2.75, 3.05) is 5.43 Å². The molecular formula is C12H18N4O. The van der Waals surface area contributed by atoms with Crippen LogP contribution in [0.5, 0.6) is 0 Å². The van der Waals surface area contributed by atoms with E-state index >= 15 is 0 Å². The molecule has 1 saturated carbocycles. The molecule has 92 valence electrons. The van der Waals surface area contributed by atoms with Crippen molar-refractivity contribution in [1.82, 2.24) is 15.7 Å². The number of nitrogens with zero attached hydrogens (tertiary/aromatic N) is 1. The predicted molar refractivity (Wildman–Crippen MR) is 66.4 cm³/mol. The lowest BCUT2D eigenvalue weighted by molar-refractivity contribution is 0.234. The third kappa shape index (κ3) is 3.94. The lowest BCUT2D eigenvalue weighted by Gasteiger charge is -2.22. The Morgan fingerprint density at radius 1 is 1.24 bits per heavy atom. The summed E-state index contributed by atoms with van der Waals surface area (Å²) >= 11 is 0. The molecular weight excluding hydrogens is 216 g/mol. The number of hydrogen-bond donors (Lipinski definition) is 3. The average Bonchev–Trinajstić information content (AvgIpc) is 2.39. The van der Waals surface area contributed by atoms with Crippen LogP contribution >= 0.6 is 0 Å². The first-order chi connectivity index (χ1) is 8.34. The summed E-state index contributed by atoms with van der Waals surface area (Å²) in [5, 5.41) is 2.95. The minimum atomic E-state index is -0.192. The molecule has 0 aromatic carbocycles. The van der Waals surface area contributed by atoms with Crippen LogP contribution in [0.2, 0.25) is 0 Å². The summed E-state index contributed by atoms with van der Waals surface area (Å²) in [5.41, 5.74) is 5.34. The van der Waals surface area contributed by atoms with Crippen molar-refractivity contribution in [1.29, 1.82) is 0 Å². The number of carbonyl (C=O) groups is 1. The Kier molecular flexibility index (Phi) is 4.18. The monoisotopic (exact) mass is 234 g/mol. The Labute approximate surface area is 101 Å². The summed E-state index contributed by atoms with van der Waals surface area (Å²) in [6.45, 7) is 0. The minimum absolute atomic E-state index is 0.192. The molecule has 2 rings (SSSR count). The fourth-order valence-corrected chi connectivity index (χ4v) is 2.03. The van der Waals surface area contributed by atoms with E-state index in [0.717, 1.165) is 12.8 Å². The molecule has 2 amide bonds. The van der Waals surface area contributed by atoms with Crippen molar-refractivity contribution in [2.24, 2.45) is 0 Å². The number of hydrogen-bond acceptors (Lipinski definition) is 3. The van der Waals surface area contributed by atoms with Crippen molar-refractivity contribution in [3.63, 3.8) is 0 Å². The summed E-state index contributed by atoms with van der Waals surface area (Å²) in [4.78, 5) is 15.6. The Bertz CT molecular complexity index is 349. The maximum atomic E-state index is 11.6. The zero-order chi connectivity index (χ0) is 11.9. The van der Waals surface area contributed by atoms with E-state index in [0.29, 0.717) is 11.9 Å². The van der Waals surface area contributed by atoms with Gasteiger partial charge in [-0.3, -0.25) is 10.9 Å². The maximum absolute atomic E-state index is 11.6. The van der Waals surface area contributed by atoms with Gasteiger partial charge in [0, 0.05) is 12.2 Å². The fourth-order valence-electron chi connectivity index (χ4n) is 2.03. The lowest BCUT2D eigenvalue weighted by Crippen LogP contribution is -2.45. The molecule has 0 atom stereocenters. The highest BCUT2D eigenvalue weighted by Gasteiger charge is 2.15. The highest BCUT2D eigenvalue weighted by molar-refractivity contribution is 5.75. The van der Waals surface area contributed by atoms with Gasteiger partial charge in [0.25, 0.3) is 0 Å². The fraction of sp³-hybridized carbons (Fsp3) is 0.500. The first kappa shape index (κ1) is 11.7. The molecule has 1 aromatic heterocycles. The Hall–Kier alpha value is -1.78. The van der Waals surface area contributed by atoms with Crippen molar-refractivity contribution in [2.45, 2.75) is 38.1 Å². The molecule has 5 heteroatoms. The van der Waals surface area contributed by atoms with E-state index in [1.54, 1.807) is 12.3 Å². The summed E-state index contributed by atoms with van der Waals surface area (Å²) in [5.74, 6) is 0.631. The molecule has 0 aliphatic heterocycles. The van der Waals surface area contributed by atoms with Gasteiger partial charge >= 0.3 is 6.03 Å². The van der Waals surface area contributed by atoms with Crippen LogP contribution in [0, 0.1) is 0 Å². The van der Waals surface area contributed by atoms with Crippen LogP contribution in [0.3, 0.4) is 0 Å². The number of aromatic nitrogens is 1. The van der Waals surface area contributed by atoms with Gasteiger partial charge in [-0.25, -0.2) is 9.78 Å². The average molecular weight is 234 g/mol. The number of anilines is 1. The second-order valence-corrected chi connectivity index (χ2v) is 4.27. The number of rotatable bonds is 3. The van der Waals surface area contributed by atoms with Crippen LogP contribution in [-0.2, 0) is 0 Å². The molecule has 0 bridgehead atoms. The van der Waals surface area contributed by atoms with Gasteiger partial charge in [-0.1, -0.05) is 25.3 Å². The van der Waals surface area contributed by atoms with Crippen LogP contribution in [0.25, 0.3) is 0 Å². The molecule has 3 N–H and O–H groups in total. The van der Waals surface area contributed by atoms with Gasteiger partial charge in [-0.15, -0.1) is 0 Å². The summed E-state index contributed by atoms with van der Waals surface area (Å²) < 4.78 is 0. The van der Waals surface area contributed by atoms with Gasteiger partial charge in [0.05, 0.1) is 0 Å². The maximum Gasteiger partial charge on any atom is 0.333 e. The Morgan fingerprint density at radius 3 is 2.76 bits per heavy atom. The van der Waals surface area contributed by atoms with Crippen LogP contribution in [0.15, 0.2) is 24.4 Å². The first-order valence-electron chi connectivity index (χ1n) is 6.08. The third-order valence-electron chi connectivity index (χ3n) is 2.91. The van der Waals surface area contributed by atoms with E-state index in [9.17, 15) is 4.79 Å². The number of amides is 2. The molecule has 1 fully saturated rings. The largest absolute Gasteiger partial charge is 0.334 e. The molecule has 1 aromatic rings. The molecule has 1 heterocycles. The van der Waals surface area contributed by atoms with Gasteiger partial charge in [0.15, 0.2) is 0 Å². The number of nitrogens with one attached hydrogen (secondary N) is 3. The van der Waals surface area contributed by atoms with Crippen molar-refractivity contribution >= 4 is 11.8 Å². The SMILES string of the molecule is O=C(NNc1ccccn1)NC1CCCCC1. The lowest BCUT2D eigenvalue weighted by atomic mass is 9.96. The second-order valence-electron chi connectivity index (χ2n) is 4.27. The van der Waals surface area contributed by atoms with Crippen molar-refractivity contribution < 1.29 is 4.79 Å². The zero-order valence-corrected chi connectivity index (χ0v) is 9.78. The van der Waals surface area contributed by atoms with E-state index in [1.165, 1.54) is 19.3 Å². The summed E-state index contributed by atoms with van der Waals surface area (Å²) in [7, 11) is 0. The van der Waals surface area contributed by atoms with E-state index in [-0.39, 0.29) is 6.03 Å². The molecule has 5 nitrogen and oxygen atoms in total. The van der Waals surface area contributed by atoms with Crippen molar-refractivity contribution in [3.05, 3.63) is 24.4 Å². The van der Waals surface area contributed by atoms with E-state index in [1.807, 2.05) is 12.1 Å². The second kappa shape index (κ2) is 6.08. The molecule has 1 aliphatic rings. The molecule has 0 saturated heterocycles. The molecule has 0 unspecified atom stereocenters. The van der Waals surface area contributed by atoms with E-state index in [4.69, 9.17) is 0 Å². The van der Waals surface area contributed by atoms with E-state index in [2.05, 4.69) is 21.2 Å². The Balaban J connectivity index is 1.70. The van der Waals surface area contributed by atoms with Crippen molar-refractivity contribution in [3.8, 4) is 0 Å². The Morgan fingerprint density at radius 2 is 2.06 bits per heavy atom. The van der Waals surface area contributed by atoms with Crippen LogP contribution in [0.1, 0.15) is 32.1 Å². The molecule has 0 spiro atoms. The first-order valence-corrected chi connectivity index (χ1v) is 6.08. The summed E-state index contributed by atoms with van der Waals surface area (Å²) in [6.07, 6.45) is 7.53. The predicted octanol–water partition coefficient (Wildman–Crippen LogP) is 2.04. The van der Waals surface area contributed by atoms with Crippen LogP contribution in [-0.4, -0.2) is 17.1 Å². The zero-order valence-electron chi connectivity index (χ0n) is 9.78. The highest BCUT2D eigenvalue weighted by Crippen LogP contribution is 2.17. The van der Waals surface area contributed by atoms with Gasteiger partial charge in [-0.05, 0) is 25.0 Å². The third-order valence-corrected chi connectivity index (χ3v) is 2.91. The standard InChI is InChI=1S/C12H18N4O/c17-12(14-10-6-2-1-3-7-10)16-15-11-8-4-5-9-13-11/h4-5,8-10H,1-3,6-7H2,(H,13,15)(H2,14,16,17). The number of urea groups is 1. The topological polar surface area (TPSA) is 66.0 Å².